The van der Waals surface area contributed by atoms with Crippen molar-refractivity contribution >= 4 is 11.5 Å². The summed E-state index contributed by atoms with van der Waals surface area (Å²) in [6.07, 6.45) is 5.79. The molecule has 0 saturated heterocycles. The third-order valence-corrected chi connectivity index (χ3v) is 4.38. The molecule has 0 amide bonds. The molecular formula is C19H21F2N5. The van der Waals surface area contributed by atoms with Gasteiger partial charge in [-0.05, 0) is 31.4 Å². The molecule has 2 aromatic heterocycles. The molecule has 1 N–H and O–H groups in total. The first-order valence-electron chi connectivity index (χ1n) is 8.30. The Morgan fingerprint density at radius 1 is 1.50 bits per heavy atom. The minimum atomic E-state index is -1.12. The van der Waals surface area contributed by atoms with Gasteiger partial charge in [0.05, 0.1) is 12.2 Å². The summed E-state index contributed by atoms with van der Waals surface area (Å²) in [4.78, 5) is 12.5. The summed E-state index contributed by atoms with van der Waals surface area (Å²) in [6, 6.07) is 1.37. The topological polar surface area (TPSA) is 55.1 Å². The number of alkyl halides is 1. The Labute approximate surface area is 150 Å². The molecular weight excluding hydrogens is 336 g/mol. The van der Waals surface area contributed by atoms with Crippen molar-refractivity contribution in [3.05, 3.63) is 65.9 Å². The molecule has 7 heteroatoms. The zero-order valence-electron chi connectivity index (χ0n) is 14.9. The fourth-order valence-corrected chi connectivity index (χ4v) is 2.63. The molecule has 0 spiro atoms. The second-order valence-corrected chi connectivity index (χ2v) is 6.50. The van der Waals surface area contributed by atoms with Crippen LogP contribution in [0.1, 0.15) is 29.7 Å². The highest BCUT2D eigenvalue weighted by Crippen LogP contribution is 2.39. The molecule has 0 bridgehead atoms. The lowest BCUT2D eigenvalue weighted by Crippen LogP contribution is -2.21. The SMILES string of the molecule is C=CN=c1c(F)cc(C(=C)c2cnc(NCC3(F)CC3)nc2C)cn1C. The highest BCUT2D eigenvalue weighted by molar-refractivity contribution is 5.78. The average molecular weight is 357 g/mol. The van der Waals surface area contributed by atoms with Gasteiger partial charge in [0.1, 0.15) is 5.67 Å². The first kappa shape index (κ1) is 18.0. The highest BCUT2D eigenvalue weighted by Gasteiger charge is 2.43. The van der Waals surface area contributed by atoms with E-state index in [4.69, 9.17) is 0 Å². The largest absolute Gasteiger partial charge is 0.351 e. The van der Waals surface area contributed by atoms with Crippen molar-refractivity contribution in [3.8, 4) is 0 Å². The predicted octanol–water partition coefficient (Wildman–Crippen LogP) is 3.28. The van der Waals surface area contributed by atoms with E-state index in [9.17, 15) is 8.78 Å². The van der Waals surface area contributed by atoms with Crippen LogP contribution in [-0.4, -0.2) is 26.7 Å². The van der Waals surface area contributed by atoms with Crippen LogP contribution in [0.15, 0.2) is 42.8 Å². The minimum absolute atomic E-state index is 0.185. The third kappa shape index (κ3) is 3.71. The molecule has 26 heavy (non-hydrogen) atoms. The van der Waals surface area contributed by atoms with E-state index in [1.54, 1.807) is 24.0 Å². The van der Waals surface area contributed by atoms with Crippen LogP contribution < -0.4 is 10.8 Å². The Bertz CT molecular complexity index is 915. The molecule has 0 atom stereocenters. The molecule has 0 unspecified atom stereocenters. The molecule has 5 nitrogen and oxygen atoms in total. The zero-order valence-corrected chi connectivity index (χ0v) is 14.9. The molecule has 0 aromatic carbocycles. The van der Waals surface area contributed by atoms with Crippen molar-refractivity contribution in [2.75, 3.05) is 11.9 Å². The fourth-order valence-electron chi connectivity index (χ4n) is 2.63. The Morgan fingerprint density at radius 3 is 2.81 bits per heavy atom. The van der Waals surface area contributed by atoms with E-state index in [1.165, 1.54) is 12.3 Å². The summed E-state index contributed by atoms with van der Waals surface area (Å²) in [5.41, 5.74) is 1.64. The van der Waals surface area contributed by atoms with E-state index in [0.717, 1.165) is 0 Å². The van der Waals surface area contributed by atoms with Crippen molar-refractivity contribution in [2.45, 2.75) is 25.4 Å². The van der Waals surface area contributed by atoms with Gasteiger partial charge in [-0.3, -0.25) is 0 Å². The van der Waals surface area contributed by atoms with E-state index in [1.807, 2.05) is 6.92 Å². The van der Waals surface area contributed by atoms with Gasteiger partial charge in [-0.25, -0.2) is 23.7 Å². The standard InChI is InChI=1S/C19H21F2N5/c1-5-22-17-16(20)8-14(10-26(17)4)12(2)15-9-23-18(25-13(15)3)24-11-19(21)6-7-19/h5,8-10H,1-2,6-7,11H2,3-4H3,(H,23,24,25). The first-order chi connectivity index (χ1) is 12.3. The van der Waals surface area contributed by atoms with Gasteiger partial charge < -0.3 is 9.88 Å². The molecule has 0 aliphatic heterocycles. The number of anilines is 1. The smallest absolute Gasteiger partial charge is 0.222 e. The molecule has 136 valence electrons. The average Bonchev–Trinajstić information content (AvgIpc) is 3.33. The lowest BCUT2D eigenvalue weighted by atomic mass is 10.0. The maximum Gasteiger partial charge on any atom is 0.222 e. The summed E-state index contributed by atoms with van der Waals surface area (Å²) >= 11 is 0. The third-order valence-electron chi connectivity index (χ3n) is 4.38. The van der Waals surface area contributed by atoms with Crippen LogP contribution in [0.25, 0.3) is 5.57 Å². The van der Waals surface area contributed by atoms with E-state index in [0.29, 0.717) is 41.2 Å². The Balaban J connectivity index is 1.85. The minimum Gasteiger partial charge on any atom is -0.351 e. The highest BCUT2D eigenvalue weighted by atomic mass is 19.1. The number of pyridine rings is 1. The monoisotopic (exact) mass is 357 g/mol. The lowest BCUT2D eigenvalue weighted by molar-refractivity contribution is 0.326. The van der Waals surface area contributed by atoms with Crippen molar-refractivity contribution in [1.82, 2.24) is 14.5 Å². The van der Waals surface area contributed by atoms with Gasteiger partial charge in [0.25, 0.3) is 0 Å². The summed E-state index contributed by atoms with van der Waals surface area (Å²) < 4.78 is 29.5. The lowest BCUT2D eigenvalue weighted by Gasteiger charge is -2.13. The van der Waals surface area contributed by atoms with Crippen LogP contribution in [-0.2, 0) is 7.05 Å². The number of nitrogens with one attached hydrogen (secondary N) is 1. The van der Waals surface area contributed by atoms with Crippen LogP contribution >= 0.6 is 0 Å². The Kier molecular flexibility index (Phi) is 4.71. The number of aryl methyl sites for hydroxylation is 2. The summed E-state index contributed by atoms with van der Waals surface area (Å²) in [5.74, 6) is -0.0968. The first-order valence-corrected chi connectivity index (χ1v) is 8.30. The van der Waals surface area contributed by atoms with Crippen molar-refractivity contribution < 1.29 is 8.78 Å². The maximum absolute atomic E-state index is 14.3. The van der Waals surface area contributed by atoms with E-state index in [2.05, 4.69) is 33.4 Å². The molecule has 1 aliphatic carbocycles. The number of nitrogens with zero attached hydrogens (tertiary/aromatic N) is 4. The van der Waals surface area contributed by atoms with Gasteiger partial charge in [-0.15, -0.1) is 0 Å². The van der Waals surface area contributed by atoms with Gasteiger partial charge in [-0.1, -0.05) is 13.2 Å². The van der Waals surface area contributed by atoms with Gasteiger partial charge in [0.15, 0.2) is 11.3 Å². The van der Waals surface area contributed by atoms with E-state index >= 15 is 0 Å². The van der Waals surface area contributed by atoms with E-state index < -0.39 is 11.5 Å². The van der Waals surface area contributed by atoms with Crippen LogP contribution in [0.4, 0.5) is 14.7 Å². The number of aromatic nitrogens is 3. The zero-order chi connectivity index (χ0) is 18.9. The van der Waals surface area contributed by atoms with Crippen LogP contribution in [0.3, 0.4) is 0 Å². The fraction of sp³-hybridized carbons (Fsp3) is 0.316. The quantitative estimate of drug-likeness (QED) is 0.863. The van der Waals surface area contributed by atoms with Crippen LogP contribution in [0.5, 0.6) is 0 Å². The molecule has 3 rings (SSSR count). The summed E-state index contributed by atoms with van der Waals surface area (Å²) in [6.45, 7) is 9.56. The van der Waals surface area contributed by atoms with Gasteiger partial charge in [0.2, 0.25) is 5.95 Å². The van der Waals surface area contributed by atoms with Crippen LogP contribution in [0, 0.1) is 12.7 Å². The van der Waals surface area contributed by atoms with Gasteiger partial charge >= 0.3 is 0 Å². The van der Waals surface area contributed by atoms with Gasteiger partial charge in [-0.2, -0.15) is 0 Å². The molecule has 0 radical (unpaired) electrons. The van der Waals surface area contributed by atoms with Crippen LogP contribution in [0.2, 0.25) is 0 Å². The molecule has 1 fully saturated rings. The van der Waals surface area contributed by atoms with E-state index in [-0.39, 0.29) is 12.0 Å². The summed E-state index contributed by atoms with van der Waals surface area (Å²) in [5, 5.41) is 2.92. The van der Waals surface area contributed by atoms with Crippen molar-refractivity contribution in [3.63, 3.8) is 0 Å². The Morgan fingerprint density at radius 2 is 2.23 bits per heavy atom. The normalized spacial score (nSPS) is 15.6. The number of hydrogen-bond acceptors (Lipinski definition) is 4. The predicted molar refractivity (Wildman–Crippen MR) is 97.6 cm³/mol. The van der Waals surface area contributed by atoms with Gasteiger partial charge in [0, 0.05) is 36.8 Å². The van der Waals surface area contributed by atoms with Crippen molar-refractivity contribution in [2.24, 2.45) is 12.0 Å². The number of hydrogen-bond donors (Lipinski definition) is 1. The maximum atomic E-state index is 14.3. The second-order valence-electron chi connectivity index (χ2n) is 6.50. The molecule has 2 aromatic rings. The Hall–Kier alpha value is -2.83. The number of rotatable bonds is 6. The second kappa shape index (κ2) is 6.82. The molecule has 1 saturated carbocycles. The molecule has 1 aliphatic rings. The van der Waals surface area contributed by atoms with Crippen molar-refractivity contribution in [1.29, 1.82) is 0 Å². The molecule has 2 heterocycles. The summed E-state index contributed by atoms with van der Waals surface area (Å²) in [7, 11) is 1.70. The number of halogens is 2.